The maximum absolute atomic E-state index is 12.6. The fraction of sp³-hybridized carbons (Fsp3) is 0.733. The quantitative estimate of drug-likeness (QED) is 0.776. The largest absolute Gasteiger partial charge is 0.337 e. The second-order valence-corrected chi connectivity index (χ2v) is 6.57. The molecule has 1 aromatic rings. The second kappa shape index (κ2) is 4.88. The number of aromatic nitrogens is 2. The molecule has 0 atom stereocenters. The summed E-state index contributed by atoms with van der Waals surface area (Å²) in [5.74, 6) is 0.142. The molecule has 3 heterocycles. The van der Waals surface area contributed by atoms with Gasteiger partial charge in [-0.05, 0) is 45.2 Å². The van der Waals surface area contributed by atoms with Crippen molar-refractivity contribution in [2.24, 2.45) is 12.5 Å². The molecule has 0 radical (unpaired) electrons. The van der Waals surface area contributed by atoms with Crippen LogP contribution in [-0.2, 0) is 7.05 Å². The molecule has 5 heteroatoms. The number of likely N-dealkylation sites (tertiary alicyclic amines) is 2. The SMILES string of the molecule is Cc1ncn(C)c1C(=O)N1CCC2(CCN(C)C2)CC1. The highest BCUT2D eigenvalue weighted by molar-refractivity contribution is 5.93. The van der Waals surface area contributed by atoms with E-state index in [9.17, 15) is 4.79 Å². The Labute approximate surface area is 120 Å². The number of rotatable bonds is 1. The summed E-state index contributed by atoms with van der Waals surface area (Å²) in [7, 11) is 4.09. The van der Waals surface area contributed by atoms with Gasteiger partial charge in [0, 0.05) is 26.7 Å². The molecule has 2 fully saturated rings. The van der Waals surface area contributed by atoms with Crippen molar-refractivity contribution in [3.63, 3.8) is 0 Å². The van der Waals surface area contributed by atoms with Crippen molar-refractivity contribution in [1.82, 2.24) is 19.4 Å². The smallest absolute Gasteiger partial charge is 0.272 e. The minimum Gasteiger partial charge on any atom is -0.337 e. The van der Waals surface area contributed by atoms with Gasteiger partial charge in [-0.1, -0.05) is 0 Å². The summed E-state index contributed by atoms with van der Waals surface area (Å²) in [6.07, 6.45) is 5.29. The van der Waals surface area contributed by atoms with Gasteiger partial charge in [-0.2, -0.15) is 0 Å². The Morgan fingerprint density at radius 3 is 2.35 bits per heavy atom. The van der Waals surface area contributed by atoms with E-state index in [-0.39, 0.29) is 5.91 Å². The second-order valence-electron chi connectivity index (χ2n) is 6.57. The Morgan fingerprint density at radius 1 is 1.20 bits per heavy atom. The van der Waals surface area contributed by atoms with E-state index in [0.717, 1.165) is 37.3 Å². The van der Waals surface area contributed by atoms with Crippen LogP contribution < -0.4 is 0 Å². The first-order chi connectivity index (χ1) is 9.51. The van der Waals surface area contributed by atoms with Gasteiger partial charge < -0.3 is 14.4 Å². The maximum atomic E-state index is 12.6. The number of carbonyl (C=O) groups is 1. The van der Waals surface area contributed by atoms with Crippen LogP contribution in [0.1, 0.15) is 35.4 Å². The highest BCUT2D eigenvalue weighted by Gasteiger charge is 2.40. The van der Waals surface area contributed by atoms with Crippen molar-refractivity contribution in [3.8, 4) is 0 Å². The third-order valence-corrected chi connectivity index (χ3v) is 5.06. The number of amides is 1. The van der Waals surface area contributed by atoms with Gasteiger partial charge in [0.25, 0.3) is 5.91 Å². The van der Waals surface area contributed by atoms with E-state index < -0.39 is 0 Å². The molecule has 20 heavy (non-hydrogen) atoms. The van der Waals surface area contributed by atoms with E-state index >= 15 is 0 Å². The highest BCUT2D eigenvalue weighted by atomic mass is 16.2. The number of carbonyl (C=O) groups excluding carboxylic acids is 1. The monoisotopic (exact) mass is 276 g/mol. The third-order valence-electron chi connectivity index (χ3n) is 5.06. The molecule has 110 valence electrons. The van der Waals surface area contributed by atoms with Crippen LogP contribution >= 0.6 is 0 Å². The van der Waals surface area contributed by atoms with Gasteiger partial charge in [-0.25, -0.2) is 4.98 Å². The molecule has 0 bridgehead atoms. The van der Waals surface area contributed by atoms with Crippen molar-refractivity contribution < 1.29 is 4.79 Å². The summed E-state index contributed by atoms with van der Waals surface area (Å²) in [6, 6.07) is 0. The Morgan fingerprint density at radius 2 is 1.85 bits per heavy atom. The van der Waals surface area contributed by atoms with Crippen molar-refractivity contribution >= 4 is 5.91 Å². The molecule has 1 aromatic heterocycles. The Kier molecular flexibility index (Phi) is 3.32. The molecule has 2 aliphatic rings. The molecule has 0 unspecified atom stereocenters. The van der Waals surface area contributed by atoms with E-state index in [1.54, 1.807) is 6.33 Å². The lowest BCUT2D eigenvalue weighted by Gasteiger charge is -2.39. The molecule has 0 N–H and O–H groups in total. The van der Waals surface area contributed by atoms with Crippen LogP contribution in [0.5, 0.6) is 0 Å². The Bertz CT molecular complexity index is 494. The molecule has 1 amide bonds. The number of hydrogen-bond donors (Lipinski definition) is 0. The van der Waals surface area contributed by atoms with Crippen LogP contribution in [0.15, 0.2) is 6.33 Å². The summed E-state index contributed by atoms with van der Waals surface area (Å²) in [4.78, 5) is 21.3. The summed E-state index contributed by atoms with van der Waals surface area (Å²) in [5.41, 5.74) is 2.04. The number of nitrogens with zero attached hydrogens (tertiary/aromatic N) is 4. The zero-order chi connectivity index (χ0) is 14.3. The number of piperidine rings is 1. The fourth-order valence-corrected chi connectivity index (χ4v) is 3.75. The Balaban J connectivity index is 1.68. The van der Waals surface area contributed by atoms with Crippen molar-refractivity contribution in [1.29, 1.82) is 0 Å². The van der Waals surface area contributed by atoms with Gasteiger partial charge >= 0.3 is 0 Å². The maximum Gasteiger partial charge on any atom is 0.272 e. The molecular weight excluding hydrogens is 252 g/mol. The van der Waals surface area contributed by atoms with E-state index in [2.05, 4.69) is 16.9 Å². The zero-order valence-electron chi connectivity index (χ0n) is 12.7. The average Bonchev–Trinajstić information content (AvgIpc) is 2.94. The lowest BCUT2D eigenvalue weighted by atomic mass is 9.77. The number of hydrogen-bond acceptors (Lipinski definition) is 3. The predicted molar refractivity (Wildman–Crippen MR) is 77.6 cm³/mol. The zero-order valence-corrected chi connectivity index (χ0v) is 12.7. The van der Waals surface area contributed by atoms with E-state index in [4.69, 9.17) is 0 Å². The molecule has 0 aromatic carbocycles. The van der Waals surface area contributed by atoms with Gasteiger partial charge in [-0.3, -0.25) is 4.79 Å². The van der Waals surface area contributed by atoms with Gasteiger partial charge in [-0.15, -0.1) is 0 Å². The summed E-state index contributed by atoms with van der Waals surface area (Å²) >= 11 is 0. The molecule has 2 aliphatic heterocycles. The van der Waals surface area contributed by atoms with Crippen LogP contribution in [0.25, 0.3) is 0 Å². The molecule has 3 rings (SSSR count). The first-order valence-electron chi connectivity index (χ1n) is 7.46. The average molecular weight is 276 g/mol. The van der Waals surface area contributed by atoms with Gasteiger partial charge in [0.15, 0.2) is 0 Å². The van der Waals surface area contributed by atoms with E-state index in [1.807, 2.05) is 23.4 Å². The molecule has 1 spiro atoms. The topological polar surface area (TPSA) is 41.4 Å². The van der Waals surface area contributed by atoms with Crippen LogP contribution in [0.4, 0.5) is 0 Å². The number of imidazole rings is 1. The molecular formula is C15H24N4O. The van der Waals surface area contributed by atoms with Crippen molar-refractivity contribution in [2.75, 3.05) is 33.2 Å². The molecule has 5 nitrogen and oxygen atoms in total. The lowest BCUT2D eigenvalue weighted by Crippen LogP contribution is -2.44. The highest BCUT2D eigenvalue weighted by Crippen LogP contribution is 2.39. The minimum absolute atomic E-state index is 0.142. The van der Waals surface area contributed by atoms with Gasteiger partial charge in [0.05, 0.1) is 12.0 Å². The molecule has 0 aliphatic carbocycles. The standard InChI is InChI=1S/C15H24N4O/c1-12-13(18(3)11-16-12)14(20)19-8-5-15(6-9-19)4-7-17(2)10-15/h11H,4-10H2,1-3H3. The van der Waals surface area contributed by atoms with Crippen LogP contribution in [-0.4, -0.2) is 58.5 Å². The third kappa shape index (κ3) is 2.24. The van der Waals surface area contributed by atoms with Crippen molar-refractivity contribution in [2.45, 2.75) is 26.2 Å². The fourth-order valence-electron chi connectivity index (χ4n) is 3.75. The predicted octanol–water partition coefficient (Wildman–Crippen LogP) is 1.29. The summed E-state index contributed by atoms with van der Waals surface area (Å²) < 4.78 is 1.84. The normalized spacial score (nSPS) is 22.6. The minimum atomic E-state index is 0.142. The van der Waals surface area contributed by atoms with Crippen LogP contribution in [0, 0.1) is 12.3 Å². The lowest BCUT2D eigenvalue weighted by molar-refractivity contribution is 0.0584. The van der Waals surface area contributed by atoms with Gasteiger partial charge in [0.1, 0.15) is 5.69 Å². The van der Waals surface area contributed by atoms with Gasteiger partial charge in [0.2, 0.25) is 0 Å². The molecule has 0 saturated carbocycles. The summed E-state index contributed by atoms with van der Waals surface area (Å²) in [6.45, 7) is 6.08. The van der Waals surface area contributed by atoms with Crippen LogP contribution in [0.3, 0.4) is 0 Å². The van der Waals surface area contributed by atoms with Crippen LogP contribution in [0.2, 0.25) is 0 Å². The molecule has 2 saturated heterocycles. The Hall–Kier alpha value is -1.36. The van der Waals surface area contributed by atoms with Crippen molar-refractivity contribution in [3.05, 3.63) is 17.7 Å². The van der Waals surface area contributed by atoms with E-state index in [1.165, 1.54) is 19.5 Å². The summed E-state index contributed by atoms with van der Waals surface area (Å²) in [5, 5.41) is 0. The first-order valence-corrected chi connectivity index (χ1v) is 7.46. The van der Waals surface area contributed by atoms with E-state index in [0.29, 0.717) is 5.41 Å². The first kappa shape index (κ1) is 13.6. The number of aryl methyl sites for hydroxylation is 2.